The molecule has 1 N–H and O–H groups in total. The molecule has 1 fully saturated rings. The van der Waals surface area contributed by atoms with Crippen LogP contribution in [0.25, 0.3) is 0 Å². The van der Waals surface area contributed by atoms with Crippen LogP contribution in [0.2, 0.25) is 0 Å². The van der Waals surface area contributed by atoms with E-state index in [0.29, 0.717) is 6.54 Å². The van der Waals surface area contributed by atoms with E-state index in [1.54, 1.807) is 19.6 Å². The van der Waals surface area contributed by atoms with Crippen LogP contribution >= 0.6 is 0 Å². The van der Waals surface area contributed by atoms with E-state index in [0.717, 1.165) is 30.7 Å². The minimum Gasteiger partial charge on any atom is -0.497 e. The molecule has 3 rings (SSSR count). The first-order valence-corrected chi connectivity index (χ1v) is 8.34. The molecule has 1 aliphatic heterocycles. The third-order valence-electron chi connectivity index (χ3n) is 4.41. The summed E-state index contributed by atoms with van der Waals surface area (Å²) in [5.74, 6) is 0.827. The number of hydrogen-bond donors (Lipinski definition) is 1. The molecule has 1 aliphatic rings. The highest BCUT2D eigenvalue weighted by Crippen LogP contribution is 2.33. The molecule has 6 nitrogen and oxygen atoms in total. The zero-order valence-electron chi connectivity index (χ0n) is 14.2. The van der Waals surface area contributed by atoms with E-state index in [9.17, 15) is 4.79 Å². The average molecular weight is 328 g/mol. The fraction of sp³-hybridized carbons (Fsp3) is 0.444. The van der Waals surface area contributed by atoms with Crippen LogP contribution in [0.1, 0.15) is 31.4 Å². The summed E-state index contributed by atoms with van der Waals surface area (Å²) in [5.41, 5.74) is 1.13. The van der Waals surface area contributed by atoms with Crippen molar-refractivity contribution in [3.8, 4) is 5.75 Å². The number of nitrogens with one attached hydrogen (secondary N) is 1. The molecular formula is C18H24N4O2. The number of aromatic nitrogens is 2. The molecule has 24 heavy (non-hydrogen) atoms. The summed E-state index contributed by atoms with van der Waals surface area (Å²) in [6.07, 6.45) is 7.41. The van der Waals surface area contributed by atoms with E-state index in [1.807, 2.05) is 40.8 Å². The Morgan fingerprint density at radius 2 is 2.38 bits per heavy atom. The van der Waals surface area contributed by atoms with Crippen molar-refractivity contribution in [2.75, 3.05) is 13.7 Å². The summed E-state index contributed by atoms with van der Waals surface area (Å²) in [4.78, 5) is 18.6. The van der Waals surface area contributed by atoms with Gasteiger partial charge >= 0.3 is 6.03 Å². The zero-order chi connectivity index (χ0) is 16.9. The molecule has 1 saturated heterocycles. The van der Waals surface area contributed by atoms with Crippen LogP contribution in [0.15, 0.2) is 43.0 Å². The fourth-order valence-corrected chi connectivity index (χ4v) is 3.26. The largest absolute Gasteiger partial charge is 0.497 e. The highest BCUT2D eigenvalue weighted by Gasteiger charge is 2.30. The predicted molar refractivity (Wildman–Crippen MR) is 91.9 cm³/mol. The molecule has 0 aliphatic carbocycles. The number of amides is 2. The van der Waals surface area contributed by atoms with E-state index >= 15 is 0 Å². The monoisotopic (exact) mass is 328 g/mol. The number of imidazole rings is 1. The number of ether oxygens (including phenoxy) is 1. The minimum atomic E-state index is -0.00654. The van der Waals surface area contributed by atoms with Crippen molar-refractivity contribution < 1.29 is 9.53 Å². The van der Waals surface area contributed by atoms with Crippen LogP contribution in [0.4, 0.5) is 4.79 Å². The normalized spacial score (nSPS) is 18.4. The quantitative estimate of drug-likeness (QED) is 0.918. The molecular weight excluding hydrogens is 304 g/mol. The molecule has 0 bridgehead atoms. The number of carbonyl (C=O) groups excluding carboxylic acids is 1. The number of nitrogens with zero attached hydrogens (tertiary/aromatic N) is 3. The van der Waals surface area contributed by atoms with Gasteiger partial charge in [-0.15, -0.1) is 0 Å². The molecule has 2 atom stereocenters. The molecule has 1 aromatic heterocycles. The topological polar surface area (TPSA) is 59.4 Å². The van der Waals surface area contributed by atoms with Gasteiger partial charge in [0.1, 0.15) is 5.75 Å². The van der Waals surface area contributed by atoms with E-state index < -0.39 is 0 Å². The Labute approximate surface area is 142 Å². The third kappa shape index (κ3) is 3.69. The summed E-state index contributed by atoms with van der Waals surface area (Å²) in [6.45, 7) is 3.50. The fourth-order valence-electron chi connectivity index (χ4n) is 3.26. The summed E-state index contributed by atoms with van der Waals surface area (Å²) < 4.78 is 7.27. The van der Waals surface area contributed by atoms with Crippen molar-refractivity contribution in [3.63, 3.8) is 0 Å². The Hall–Kier alpha value is -2.50. The summed E-state index contributed by atoms with van der Waals surface area (Å²) >= 11 is 0. The molecule has 6 heteroatoms. The first-order valence-electron chi connectivity index (χ1n) is 8.34. The molecule has 1 aromatic carbocycles. The maximum atomic E-state index is 12.7. The number of carbonyl (C=O) groups is 1. The average Bonchev–Trinajstić information content (AvgIpc) is 3.26. The van der Waals surface area contributed by atoms with Crippen LogP contribution in [-0.4, -0.2) is 40.2 Å². The molecule has 0 radical (unpaired) electrons. The lowest BCUT2D eigenvalue weighted by molar-refractivity contribution is 0.188. The lowest BCUT2D eigenvalue weighted by Gasteiger charge is -2.27. The smallest absolute Gasteiger partial charge is 0.318 e. The molecule has 128 valence electrons. The van der Waals surface area contributed by atoms with Crippen molar-refractivity contribution in [1.29, 1.82) is 0 Å². The number of likely N-dealkylation sites (tertiary alicyclic amines) is 1. The second-order valence-electron chi connectivity index (χ2n) is 6.24. The number of methoxy groups -OCH3 is 1. The SMILES string of the molecule is COc1cccc([C@H]2CCCN2C(=O)N[C@H](C)Cn2ccnc2)c1. The lowest BCUT2D eigenvalue weighted by Crippen LogP contribution is -2.44. The maximum absolute atomic E-state index is 12.7. The molecule has 0 spiro atoms. The Morgan fingerprint density at radius 1 is 1.50 bits per heavy atom. The van der Waals surface area contributed by atoms with Gasteiger partial charge in [-0.1, -0.05) is 12.1 Å². The Bertz CT molecular complexity index is 671. The van der Waals surface area contributed by atoms with Gasteiger partial charge in [0.15, 0.2) is 0 Å². The third-order valence-corrected chi connectivity index (χ3v) is 4.41. The van der Waals surface area contributed by atoms with Gasteiger partial charge in [0, 0.05) is 31.5 Å². The van der Waals surface area contributed by atoms with Crippen LogP contribution in [0, 0.1) is 0 Å². The minimum absolute atomic E-state index is 0.00654. The Kier molecular flexibility index (Phi) is 5.03. The van der Waals surface area contributed by atoms with Crippen LogP contribution in [-0.2, 0) is 6.54 Å². The highest BCUT2D eigenvalue weighted by molar-refractivity contribution is 5.75. The van der Waals surface area contributed by atoms with Crippen molar-refractivity contribution in [3.05, 3.63) is 48.5 Å². The molecule has 2 heterocycles. The number of rotatable bonds is 5. The van der Waals surface area contributed by atoms with E-state index in [-0.39, 0.29) is 18.1 Å². The van der Waals surface area contributed by atoms with Gasteiger partial charge in [-0.2, -0.15) is 0 Å². The van der Waals surface area contributed by atoms with Crippen LogP contribution < -0.4 is 10.1 Å². The van der Waals surface area contributed by atoms with E-state index in [2.05, 4.69) is 16.4 Å². The summed E-state index contributed by atoms with van der Waals surface area (Å²) in [7, 11) is 1.66. The Balaban J connectivity index is 1.64. The van der Waals surface area contributed by atoms with Gasteiger partial charge in [-0.3, -0.25) is 0 Å². The summed E-state index contributed by atoms with van der Waals surface area (Å²) in [5, 5.41) is 3.10. The molecule has 2 aromatic rings. The Morgan fingerprint density at radius 3 is 3.12 bits per heavy atom. The van der Waals surface area contributed by atoms with E-state index in [1.165, 1.54) is 0 Å². The number of urea groups is 1. The summed E-state index contributed by atoms with van der Waals surface area (Å²) in [6, 6.07) is 8.13. The number of benzene rings is 1. The van der Waals surface area contributed by atoms with Crippen LogP contribution in [0.5, 0.6) is 5.75 Å². The van der Waals surface area contributed by atoms with E-state index in [4.69, 9.17) is 4.74 Å². The second kappa shape index (κ2) is 7.38. The van der Waals surface area contributed by atoms with Crippen molar-refractivity contribution >= 4 is 6.03 Å². The van der Waals surface area contributed by atoms with Gasteiger partial charge in [-0.05, 0) is 37.5 Å². The first-order chi connectivity index (χ1) is 11.7. The van der Waals surface area contributed by atoms with Crippen molar-refractivity contribution in [2.45, 2.75) is 38.4 Å². The van der Waals surface area contributed by atoms with Crippen molar-refractivity contribution in [1.82, 2.24) is 19.8 Å². The first kappa shape index (κ1) is 16.4. The number of hydrogen-bond acceptors (Lipinski definition) is 3. The van der Waals surface area contributed by atoms with Crippen molar-refractivity contribution in [2.24, 2.45) is 0 Å². The van der Waals surface area contributed by atoms with Gasteiger partial charge in [0.25, 0.3) is 0 Å². The van der Waals surface area contributed by atoms with Gasteiger partial charge in [-0.25, -0.2) is 9.78 Å². The van der Waals surface area contributed by atoms with Gasteiger partial charge < -0.3 is 19.5 Å². The molecule has 0 saturated carbocycles. The van der Waals surface area contributed by atoms with Gasteiger partial charge in [0.2, 0.25) is 0 Å². The maximum Gasteiger partial charge on any atom is 0.318 e. The standard InChI is InChI=1S/C18H24N4O2/c1-14(12-21-10-8-19-13-21)20-18(23)22-9-4-7-17(22)15-5-3-6-16(11-15)24-2/h3,5-6,8,10-11,13-14,17H,4,7,9,12H2,1-2H3,(H,20,23)/t14-,17-/m1/s1. The lowest BCUT2D eigenvalue weighted by atomic mass is 10.0. The molecule has 2 amide bonds. The highest BCUT2D eigenvalue weighted by atomic mass is 16.5. The van der Waals surface area contributed by atoms with Gasteiger partial charge in [0.05, 0.1) is 19.5 Å². The second-order valence-corrected chi connectivity index (χ2v) is 6.24. The predicted octanol–water partition coefficient (Wildman–Crippen LogP) is 2.83. The van der Waals surface area contributed by atoms with Crippen LogP contribution in [0.3, 0.4) is 0 Å². The molecule has 0 unspecified atom stereocenters. The zero-order valence-corrected chi connectivity index (χ0v) is 14.2.